The van der Waals surface area contributed by atoms with Gasteiger partial charge in [-0.25, -0.2) is 0 Å². The van der Waals surface area contributed by atoms with E-state index in [2.05, 4.69) is 92.5 Å². The van der Waals surface area contributed by atoms with E-state index >= 15 is 0 Å². The molecule has 26 heavy (non-hydrogen) atoms. The molecule has 0 heterocycles. The monoisotopic (exact) mass is 360 g/mol. The molecule has 0 aromatic heterocycles. The second-order valence-corrected chi connectivity index (χ2v) is 10.6. The van der Waals surface area contributed by atoms with Crippen molar-refractivity contribution in [2.45, 2.75) is 78.7 Å². The van der Waals surface area contributed by atoms with Crippen LogP contribution in [-0.2, 0) is 10.8 Å². The average Bonchev–Trinajstić information content (AvgIpc) is 2.48. The summed E-state index contributed by atoms with van der Waals surface area (Å²) in [7, 11) is 4.01. The van der Waals surface area contributed by atoms with E-state index in [1.54, 1.807) is 0 Å². The molecular formula is C23H40N2O. The fraction of sp³-hybridized carbons (Fsp3) is 0.696. The maximum absolute atomic E-state index is 13.1. The Morgan fingerprint density at radius 3 is 1.54 bits per heavy atom. The molecule has 1 aromatic rings. The second kappa shape index (κ2) is 7.72. The van der Waals surface area contributed by atoms with Crippen molar-refractivity contribution in [1.82, 2.24) is 9.80 Å². The van der Waals surface area contributed by atoms with E-state index in [1.807, 2.05) is 11.9 Å². The van der Waals surface area contributed by atoms with E-state index in [0.717, 1.165) is 18.7 Å². The predicted molar refractivity (Wildman–Crippen MR) is 113 cm³/mol. The third-order valence-corrected chi connectivity index (χ3v) is 5.17. The number of hydrogen-bond acceptors (Lipinski definition) is 2. The minimum Gasteiger partial charge on any atom is -0.340 e. The van der Waals surface area contributed by atoms with Gasteiger partial charge in [-0.1, -0.05) is 47.6 Å². The smallest absolute Gasteiger partial charge is 0.253 e. The highest BCUT2D eigenvalue weighted by atomic mass is 16.2. The van der Waals surface area contributed by atoms with Crippen LogP contribution in [0.5, 0.6) is 0 Å². The molecule has 0 bridgehead atoms. The van der Waals surface area contributed by atoms with Gasteiger partial charge in [-0.05, 0) is 61.9 Å². The molecule has 0 radical (unpaired) electrons. The number of nitrogens with zero attached hydrogens (tertiary/aromatic N) is 2. The number of carbonyl (C=O) groups excluding carboxylic acids is 1. The summed E-state index contributed by atoms with van der Waals surface area (Å²) in [6.07, 6.45) is 0. The molecule has 3 heteroatoms. The summed E-state index contributed by atoms with van der Waals surface area (Å²) in [6, 6.07) is 6.40. The molecule has 0 saturated carbocycles. The minimum absolute atomic E-state index is 0.0152. The maximum atomic E-state index is 13.1. The third-order valence-electron chi connectivity index (χ3n) is 5.17. The van der Waals surface area contributed by atoms with Crippen molar-refractivity contribution in [2.75, 3.05) is 27.2 Å². The van der Waals surface area contributed by atoms with Gasteiger partial charge in [-0.15, -0.1) is 0 Å². The Labute approximate surface area is 161 Å². The Balaban J connectivity index is 3.11. The van der Waals surface area contributed by atoms with Gasteiger partial charge in [-0.2, -0.15) is 0 Å². The lowest BCUT2D eigenvalue weighted by Crippen LogP contribution is -2.43. The third kappa shape index (κ3) is 6.12. The summed E-state index contributed by atoms with van der Waals surface area (Å²) in [6.45, 7) is 21.3. The molecule has 0 aliphatic carbocycles. The van der Waals surface area contributed by atoms with Crippen LogP contribution in [0.25, 0.3) is 0 Å². The maximum Gasteiger partial charge on any atom is 0.253 e. The standard InChI is InChI=1S/C23H40N2O/c1-21(2,3)18-14-17(15-19(16-18)22(4,5)6)20(26)24(10)12-13-25(11)23(7,8)9/h14-16H,12-13H2,1-11H3. The van der Waals surface area contributed by atoms with E-state index in [9.17, 15) is 4.79 Å². The first kappa shape index (κ1) is 22.7. The lowest BCUT2D eigenvalue weighted by molar-refractivity contribution is 0.0757. The normalized spacial score (nSPS) is 13.2. The fourth-order valence-electron chi connectivity index (χ4n) is 2.57. The van der Waals surface area contributed by atoms with Crippen LogP contribution in [0.1, 0.15) is 83.8 Å². The van der Waals surface area contributed by atoms with Gasteiger partial charge in [-0.3, -0.25) is 9.69 Å². The SMILES string of the molecule is CN(CCN(C)C(C)(C)C)C(=O)c1cc(C(C)(C)C)cc(C(C)(C)C)c1. The van der Waals surface area contributed by atoms with E-state index < -0.39 is 0 Å². The molecule has 1 amide bonds. The molecule has 1 rings (SSSR count). The van der Waals surface area contributed by atoms with E-state index in [-0.39, 0.29) is 22.3 Å². The Bertz CT molecular complexity index is 595. The van der Waals surface area contributed by atoms with Crippen molar-refractivity contribution in [3.8, 4) is 0 Å². The molecule has 148 valence electrons. The van der Waals surface area contributed by atoms with Crippen LogP contribution in [0.3, 0.4) is 0 Å². The van der Waals surface area contributed by atoms with Gasteiger partial charge in [0, 0.05) is 31.2 Å². The summed E-state index contributed by atoms with van der Waals surface area (Å²) in [5.41, 5.74) is 3.36. The summed E-state index contributed by atoms with van der Waals surface area (Å²) in [5, 5.41) is 0. The van der Waals surface area contributed by atoms with Gasteiger partial charge in [0.25, 0.3) is 5.91 Å². The zero-order valence-corrected chi connectivity index (χ0v) is 18.9. The van der Waals surface area contributed by atoms with Crippen molar-refractivity contribution in [2.24, 2.45) is 0 Å². The molecular weight excluding hydrogens is 320 g/mol. The molecule has 0 unspecified atom stereocenters. The van der Waals surface area contributed by atoms with Crippen molar-refractivity contribution in [3.05, 3.63) is 34.9 Å². The van der Waals surface area contributed by atoms with Crippen molar-refractivity contribution in [3.63, 3.8) is 0 Å². The summed E-state index contributed by atoms with van der Waals surface area (Å²) in [5.74, 6) is 0.101. The minimum atomic E-state index is 0.0152. The van der Waals surface area contributed by atoms with Gasteiger partial charge < -0.3 is 4.90 Å². The molecule has 0 aliphatic heterocycles. The number of carbonyl (C=O) groups is 1. The van der Waals surface area contributed by atoms with Crippen LogP contribution in [0, 0.1) is 0 Å². The quantitative estimate of drug-likeness (QED) is 0.747. The molecule has 0 aliphatic rings. The van der Waals surface area contributed by atoms with Crippen LogP contribution in [-0.4, -0.2) is 48.4 Å². The highest BCUT2D eigenvalue weighted by Crippen LogP contribution is 2.30. The Morgan fingerprint density at radius 1 is 0.769 bits per heavy atom. The number of benzene rings is 1. The first-order valence-electron chi connectivity index (χ1n) is 9.66. The fourth-order valence-corrected chi connectivity index (χ4v) is 2.57. The number of hydrogen-bond donors (Lipinski definition) is 0. The van der Waals surface area contributed by atoms with Gasteiger partial charge in [0.1, 0.15) is 0 Å². The molecule has 1 aromatic carbocycles. The molecule has 0 atom stereocenters. The van der Waals surface area contributed by atoms with Crippen LogP contribution >= 0.6 is 0 Å². The van der Waals surface area contributed by atoms with Gasteiger partial charge in [0.15, 0.2) is 0 Å². The molecule has 0 saturated heterocycles. The van der Waals surface area contributed by atoms with Crippen molar-refractivity contribution < 1.29 is 4.79 Å². The van der Waals surface area contributed by atoms with Gasteiger partial charge >= 0.3 is 0 Å². The highest BCUT2D eigenvalue weighted by Gasteiger charge is 2.24. The zero-order valence-electron chi connectivity index (χ0n) is 18.9. The number of rotatable bonds is 4. The van der Waals surface area contributed by atoms with E-state index in [1.165, 1.54) is 11.1 Å². The summed E-state index contributed by atoms with van der Waals surface area (Å²) in [4.78, 5) is 17.2. The van der Waals surface area contributed by atoms with Crippen LogP contribution in [0.2, 0.25) is 0 Å². The van der Waals surface area contributed by atoms with Gasteiger partial charge in [0.05, 0.1) is 0 Å². The summed E-state index contributed by atoms with van der Waals surface area (Å²) < 4.78 is 0. The molecule has 0 N–H and O–H groups in total. The lowest BCUT2D eigenvalue weighted by Gasteiger charge is -2.33. The second-order valence-electron chi connectivity index (χ2n) is 10.6. The van der Waals surface area contributed by atoms with Gasteiger partial charge in [0.2, 0.25) is 0 Å². The van der Waals surface area contributed by atoms with Crippen LogP contribution in [0.15, 0.2) is 18.2 Å². The van der Waals surface area contributed by atoms with Crippen molar-refractivity contribution >= 4 is 5.91 Å². The number of amides is 1. The van der Waals surface area contributed by atoms with E-state index in [0.29, 0.717) is 0 Å². The average molecular weight is 361 g/mol. The molecule has 3 nitrogen and oxygen atoms in total. The first-order valence-corrected chi connectivity index (χ1v) is 9.66. The Morgan fingerprint density at radius 2 is 1.19 bits per heavy atom. The zero-order chi connectivity index (χ0) is 20.5. The Hall–Kier alpha value is -1.35. The highest BCUT2D eigenvalue weighted by molar-refractivity contribution is 5.94. The molecule has 0 fully saturated rings. The van der Waals surface area contributed by atoms with E-state index in [4.69, 9.17) is 0 Å². The lowest BCUT2D eigenvalue weighted by atomic mass is 9.79. The van der Waals surface area contributed by atoms with Crippen LogP contribution in [0.4, 0.5) is 0 Å². The topological polar surface area (TPSA) is 23.6 Å². The number of likely N-dealkylation sites (N-methyl/N-ethyl adjacent to an activating group) is 2. The largest absolute Gasteiger partial charge is 0.340 e. The predicted octanol–water partition coefficient (Wildman–Crippen LogP) is 5.08. The molecule has 0 spiro atoms. The first-order chi connectivity index (χ1) is 11.5. The van der Waals surface area contributed by atoms with Crippen molar-refractivity contribution in [1.29, 1.82) is 0 Å². The summed E-state index contributed by atoms with van der Waals surface area (Å²) >= 11 is 0. The van der Waals surface area contributed by atoms with Crippen LogP contribution < -0.4 is 0 Å². The Kier molecular flexibility index (Phi) is 6.74.